The molecule has 0 amide bonds. The molecule has 0 bridgehead atoms. The summed E-state index contributed by atoms with van der Waals surface area (Å²) in [5.41, 5.74) is 3.08. The fourth-order valence-corrected chi connectivity index (χ4v) is 2.38. The molecule has 25 heavy (non-hydrogen) atoms. The Morgan fingerprint density at radius 1 is 1.24 bits per heavy atom. The lowest BCUT2D eigenvalue weighted by Gasteiger charge is -2.12. The highest BCUT2D eigenvalue weighted by molar-refractivity contribution is 14.0. The van der Waals surface area contributed by atoms with Gasteiger partial charge in [0.15, 0.2) is 5.96 Å². The second kappa shape index (κ2) is 11.3. The van der Waals surface area contributed by atoms with Crippen LogP contribution < -0.4 is 10.6 Å². The second-order valence-electron chi connectivity index (χ2n) is 5.43. The monoisotopic (exact) mass is 476 g/mol. The van der Waals surface area contributed by atoms with Crippen LogP contribution in [0.5, 0.6) is 0 Å². The Bertz CT molecular complexity index is 692. The summed E-state index contributed by atoms with van der Waals surface area (Å²) < 4.78 is 13.1. The van der Waals surface area contributed by atoms with E-state index in [0.29, 0.717) is 11.7 Å². The van der Waals surface area contributed by atoms with Crippen LogP contribution >= 0.6 is 35.6 Å². The topological polar surface area (TPSA) is 49.3 Å². The first-order valence-electron chi connectivity index (χ1n) is 7.96. The van der Waals surface area contributed by atoms with E-state index in [-0.39, 0.29) is 29.8 Å². The second-order valence-corrected chi connectivity index (χ2v) is 5.82. The van der Waals surface area contributed by atoms with Crippen LogP contribution in [0, 0.1) is 12.7 Å². The van der Waals surface area contributed by atoms with Crippen LogP contribution in [-0.2, 0) is 13.0 Å². The number of aliphatic imine (C=N–C) groups is 1. The fourth-order valence-electron chi connectivity index (χ4n) is 2.27. The van der Waals surface area contributed by atoms with E-state index in [0.717, 1.165) is 42.2 Å². The Morgan fingerprint density at radius 3 is 2.68 bits per heavy atom. The van der Waals surface area contributed by atoms with Gasteiger partial charge in [-0.05, 0) is 55.2 Å². The summed E-state index contributed by atoms with van der Waals surface area (Å²) >= 11 is 5.78. The molecule has 0 fully saturated rings. The predicted molar refractivity (Wildman–Crippen MR) is 112 cm³/mol. The Hall–Kier alpha value is -1.41. The minimum Gasteiger partial charge on any atom is -0.357 e. The number of aryl methyl sites for hydroxylation is 1. The van der Waals surface area contributed by atoms with Crippen molar-refractivity contribution in [3.8, 4) is 0 Å². The van der Waals surface area contributed by atoms with Crippen LogP contribution in [0.3, 0.4) is 0 Å². The fraction of sp³-hybridized carbons (Fsp3) is 0.333. The molecule has 1 heterocycles. The molecular formula is C18H23ClFIN4. The Balaban J connectivity index is 0.00000312. The van der Waals surface area contributed by atoms with Gasteiger partial charge in [-0.15, -0.1) is 24.0 Å². The van der Waals surface area contributed by atoms with Crippen molar-refractivity contribution in [2.24, 2.45) is 4.99 Å². The molecule has 136 valence electrons. The maximum atomic E-state index is 13.1. The molecule has 2 N–H and O–H groups in total. The highest BCUT2D eigenvalue weighted by Crippen LogP contribution is 2.10. The molecule has 0 unspecified atom stereocenters. The molecule has 0 radical (unpaired) electrons. The number of hydrogen-bond acceptors (Lipinski definition) is 2. The first-order chi connectivity index (χ1) is 11.6. The van der Waals surface area contributed by atoms with Crippen molar-refractivity contribution >= 4 is 41.5 Å². The highest BCUT2D eigenvalue weighted by atomic mass is 127. The van der Waals surface area contributed by atoms with E-state index >= 15 is 0 Å². The molecule has 2 aromatic rings. The molecular weight excluding hydrogens is 454 g/mol. The molecule has 0 spiro atoms. The number of nitrogens with zero attached hydrogens (tertiary/aromatic N) is 2. The van der Waals surface area contributed by atoms with Gasteiger partial charge in [-0.25, -0.2) is 14.4 Å². The van der Waals surface area contributed by atoms with Gasteiger partial charge >= 0.3 is 0 Å². The molecule has 0 atom stereocenters. The third-order valence-corrected chi connectivity index (χ3v) is 3.77. The van der Waals surface area contributed by atoms with Crippen LogP contribution in [0.2, 0.25) is 5.15 Å². The van der Waals surface area contributed by atoms with Crippen molar-refractivity contribution in [1.29, 1.82) is 0 Å². The van der Waals surface area contributed by atoms with Gasteiger partial charge < -0.3 is 10.6 Å². The largest absolute Gasteiger partial charge is 0.357 e. The van der Waals surface area contributed by atoms with Crippen LogP contribution in [0.4, 0.5) is 4.39 Å². The van der Waals surface area contributed by atoms with Crippen LogP contribution in [0.25, 0.3) is 0 Å². The minimum absolute atomic E-state index is 0. The summed E-state index contributed by atoms with van der Waals surface area (Å²) in [6.45, 7) is 5.96. The molecule has 0 saturated carbocycles. The Labute approximate surface area is 170 Å². The standard InChI is InChI=1S/C18H22ClFN4.HI/c1-3-21-18(24-12-14-4-7-17(19)23-11-14)22-9-8-15-5-6-16(20)10-13(15)2;/h4-7,10-11H,3,8-9,12H2,1-2H3,(H2,21,22,24);1H. The smallest absolute Gasteiger partial charge is 0.191 e. The third-order valence-electron chi connectivity index (χ3n) is 3.54. The van der Waals surface area contributed by atoms with Gasteiger partial charge in [-0.1, -0.05) is 23.7 Å². The van der Waals surface area contributed by atoms with Crippen LogP contribution in [-0.4, -0.2) is 24.0 Å². The van der Waals surface area contributed by atoms with Gasteiger partial charge in [0.05, 0.1) is 6.54 Å². The van der Waals surface area contributed by atoms with E-state index in [1.807, 2.05) is 26.0 Å². The third kappa shape index (κ3) is 7.56. The summed E-state index contributed by atoms with van der Waals surface area (Å²) in [6.07, 6.45) is 2.52. The molecule has 2 rings (SSSR count). The zero-order chi connectivity index (χ0) is 17.4. The van der Waals surface area contributed by atoms with Crippen LogP contribution in [0.15, 0.2) is 41.5 Å². The summed E-state index contributed by atoms with van der Waals surface area (Å²) in [5.74, 6) is 0.544. The summed E-state index contributed by atoms with van der Waals surface area (Å²) in [6, 6.07) is 8.54. The van der Waals surface area contributed by atoms with Gasteiger partial charge in [0, 0.05) is 19.3 Å². The predicted octanol–water partition coefficient (Wildman–Crippen LogP) is 4.10. The number of rotatable bonds is 6. The van der Waals surface area contributed by atoms with E-state index in [4.69, 9.17) is 11.6 Å². The Kier molecular flexibility index (Phi) is 9.74. The number of pyridine rings is 1. The van der Waals surface area contributed by atoms with Crippen molar-refractivity contribution in [1.82, 2.24) is 15.6 Å². The SMILES string of the molecule is CCNC(=NCc1ccc(Cl)nc1)NCCc1ccc(F)cc1C.I. The molecule has 0 saturated heterocycles. The summed E-state index contributed by atoms with van der Waals surface area (Å²) in [7, 11) is 0. The molecule has 0 aliphatic carbocycles. The zero-order valence-corrected chi connectivity index (χ0v) is 17.4. The van der Waals surface area contributed by atoms with Crippen molar-refractivity contribution in [2.45, 2.75) is 26.8 Å². The van der Waals surface area contributed by atoms with Gasteiger partial charge in [-0.2, -0.15) is 0 Å². The van der Waals surface area contributed by atoms with Crippen molar-refractivity contribution in [3.05, 3.63) is 64.2 Å². The minimum atomic E-state index is -0.198. The van der Waals surface area contributed by atoms with E-state index in [1.165, 1.54) is 6.07 Å². The lowest BCUT2D eigenvalue weighted by molar-refractivity contribution is 0.625. The quantitative estimate of drug-likeness (QED) is 0.286. The van der Waals surface area contributed by atoms with Gasteiger partial charge in [0.1, 0.15) is 11.0 Å². The summed E-state index contributed by atoms with van der Waals surface area (Å²) in [4.78, 5) is 8.58. The molecule has 4 nitrogen and oxygen atoms in total. The number of guanidine groups is 1. The van der Waals surface area contributed by atoms with Crippen molar-refractivity contribution in [2.75, 3.05) is 13.1 Å². The summed E-state index contributed by atoms with van der Waals surface area (Å²) in [5, 5.41) is 6.97. The molecule has 1 aromatic carbocycles. The molecule has 7 heteroatoms. The average Bonchev–Trinajstić information content (AvgIpc) is 2.56. The number of nitrogens with one attached hydrogen (secondary N) is 2. The van der Waals surface area contributed by atoms with E-state index < -0.39 is 0 Å². The highest BCUT2D eigenvalue weighted by Gasteiger charge is 2.02. The molecule has 0 aliphatic heterocycles. The number of hydrogen-bond donors (Lipinski definition) is 2. The Morgan fingerprint density at radius 2 is 2.04 bits per heavy atom. The molecule has 1 aromatic heterocycles. The lowest BCUT2D eigenvalue weighted by atomic mass is 10.1. The maximum absolute atomic E-state index is 13.1. The van der Waals surface area contributed by atoms with Gasteiger partial charge in [0.25, 0.3) is 0 Å². The first kappa shape index (κ1) is 21.6. The van der Waals surface area contributed by atoms with Crippen molar-refractivity contribution in [3.63, 3.8) is 0 Å². The van der Waals surface area contributed by atoms with Gasteiger partial charge in [0.2, 0.25) is 0 Å². The molecule has 0 aliphatic rings. The van der Waals surface area contributed by atoms with Gasteiger partial charge in [-0.3, -0.25) is 0 Å². The maximum Gasteiger partial charge on any atom is 0.191 e. The first-order valence-corrected chi connectivity index (χ1v) is 8.34. The number of halogens is 3. The van der Waals surface area contributed by atoms with Crippen LogP contribution in [0.1, 0.15) is 23.6 Å². The average molecular weight is 477 g/mol. The van der Waals surface area contributed by atoms with E-state index in [9.17, 15) is 4.39 Å². The normalized spacial score (nSPS) is 11.0. The van der Waals surface area contributed by atoms with E-state index in [1.54, 1.807) is 18.3 Å². The van der Waals surface area contributed by atoms with Crippen molar-refractivity contribution < 1.29 is 4.39 Å². The van der Waals surface area contributed by atoms with E-state index in [2.05, 4.69) is 20.6 Å². The number of benzene rings is 1. The number of aromatic nitrogens is 1. The lowest BCUT2D eigenvalue weighted by Crippen LogP contribution is -2.38. The zero-order valence-electron chi connectivity index (χ0n) is 14.4.